The fraction of sp³-hybridized carbons (Fsp3) is 0.158. The van der Waals surface area contributed by atoms with Gasteiger partial charge in [-0.1, -0.05) is 29.8 Å². The van der Waals surface area contributed by atoms with Crippen LogP contribution < -0.4 is 4.73 Å². The number of rotatable bonds is 4. The minimum Gasteiger partial charge on any atom is -0.618 e. The summed E-state index contributed by atoms with van der Waals surface area (Å²) >= 11 is 0. The lowest BCUT2D eigenvalue weighted by atomic mass is 10.1. The number of nitrogens with zero attached hydrogens (tertiary/aromatic N) is 2. The van der Waals surface area contributed by atoms with Gasteiger partial charge in [-0.05, 0) is 25.1 Å². The highest BCUT2D eigenvalue weighted by Crippen LogP contribution is 2.14. The molecule has 0 saturated carbocycles. The second-order valence-corrected chi connectivity index (χ2v) is 5.63. The van der Waals surface area contributed by atoms with Crippen LogP contribution in [0.4, 0.5) is 0 Å². The van der Waals surface area contributed by atoms with Gasteiger partial charge in [-0.25, -0.2) is 14.6 Å². The molecule has 132 valence electrons. The average molecular weight is 352 g/mol. The Bertz CT molecular complexity index is 1000. The lowest BCUT2D eigenvalue weighted by Gasteiger charge is -2.11. The van der Waals surface area contributed by atoms with E-state index in [0.717, 1.165) is 5.56 Å². The first-order valence-corrected chi connectivity index (χ1v) is 7.84. The van der Waals surface area contributed by atoms with Gasteiger partial charge < -0.3 is 14.7 Å². The van der Waals surface area contributed by atoms with Gasteiger partial charge in [0.25, 0.3) is 0 Å². The summed E-state index contributed by atoms with van der Waals surface area (Å²) < 4.78 is 10.4. The van der Waals surface area contributed by atoms with Crippen molar-refractivity contribution in [2.45, 2.75) is 13.5 Å². The summed E-state index contributed by atoms with van der Waals surface area (Å²) in [6, 6.07) is 13.5. The quantitative estimate of drug-likeness (QED) is 0.406. The molecular formula is C19H16N2O5. The largest absolute Gasteiger partial charge is 0.618 e. The van der Waals surface area contributed by atoms with E-state index in [1.807, 2.05) is 13.0 Å². The first-order chi connectivity index (χ1) is 12.5. The van der Waals surface area contributed by atoms with Crippen LogP contribution in [0.25, 0.3) is 11.0 Å². The van der Waals surface area contributed by atoms with Gasteiger partial charge in [-0.15, -0.1) is 0 Å². The van der Waals surface area contributed by atoms with Gasteiger partial charge in [-0.3, -0.25) is 0 Å². The average Bonchev–Trinajstić information content (AvgIpc) is 2.65. The van der Waals surface area contributed by atoms with Crippen LogP contribution in [0.2, 0.25) is 0 Å². The van der Waals surface area contributed by atoms with Crippen molar-refractivity contribution in [3.63, 3.8) is 0 Å². The van der Waals surface area contributed by atoms with Gasteiger partial charge in [0.1, 0.15) is 12.1 Å². The summed E-state index contributed by atoms with van der Waals surface area (Å²) in [5, 5.41) is 12.5. The van der Waals surface area contributed by atoms with Crippen molar-refractivity contribution >= 4 is 23.0 Å². The zero-order chi connectivity index (χ0) is 18.7. The zero-order valence-corrected chi connectivity index (χ0v) is 14.3. The summed E-state index contributed by atoms with van der Waals surface area (Å²) in [7, 11) is 1.17. The highest BCUT2D eigenvalue weighted by atomic mass is 16.5. The van der Waals surface area contributed by atoms with Gasteiger partial charge in [0.2, 0.25) is 5.52 Å². The van der Waals surface area contributed by atoms with Crippen molar-refractivity contribution in [3.8, 4) is 0 Å². The lowest BCUT2D eigenvalue weighted by Crippen LogP contribution is -2.38. The predicted octanol–water partition coefficient (Wildman–Crippen LogP) is 2.32. The highest BCUT2D eigenvalue weighted by molar-refractivity contribution is 5.90. The molecule has 1 aromatic heterocycles. The van der Waals surface area contributed by atoms with E-state index in [1.165, 1.54) is 7.11 Å². The number of para-hydroxylation sites is 2. The molecule has 1 heterocycles. The van der Waals surface area contributed by atoms with E-state index in [4.69, 9.17) is 4.74 Å². The highest BCUT2D eigenvalue weighted by Gasteiger charge is 2.27. The maximum atomic E-state index is 12.5. The van der Waals surface area contributed by atoms with Gasteiger partial charge in [0.15, 0.2) is 5.69 Å². The number of hydrogen-bond donors (Lipinski definition) is 0. The number of carbonyl (C=O) groups excluding carboxylic acids is 2. The third-order valence-corrected chi connectivity index (χ3v) is 3.80. The summed E-state index contributed by atoms with van der Waals surface area (Å²) in [5.74, 6) is -1.42. The molecule has 0 N–H and O–H groups in total. The Balaban J connectivity index is 1.96. The Morgan fingerprint density at radius 3 is 2.62 bits per heavy atom. The van der Waals surface area contributed by atoms with Gasteiger partial charge in [-0.2, -0.15) is 4.73 Å². The van der Waals surface area contributed by atoms with E-state index >= 15 is 0 Å². The van der Waals surface area contributed by atoms with Gasteiger partial charge >= 0.3 is 17.6 Å². The molecule has 0 aliphatic heterocycles. The predicted molar refractivity (Wildman–Crippen MR) is 92.3 cm³/mol. The monoisotopic (exact) mass is 352 g/mol. The van der Waals surface area contributed by atoms with Crippen LogP contribution in [0.1, 0.15) is 32.1 Å². The molecule has 0 amide bonds. The minimum absolute atomic E-state index is 0.0338. The number of aryl methyl sites for hydroxylation is 1. The number of ether oxygens (including phenoxy) is 2. The molecule has 0 bridgehead atoms. The lowest BCUT2D eigenvalue weighted by molar-refractivity contribution is -0.581. The fourth-order valence-corrected chi connectivity index (χ4v) is 2.55. The Morgan fingerprint density at radius 1 is 1.12 bits per heavy atom. The number of fused-ring (bicyclic) bond motifs is 1. The number of carbonyl (C=O) groups is 2. The van der Waals surface area contributed by atoms with Crippen molar-refractivity contribution in [2.75, 3.05) is 7.11 Å². The number of aromatic nitrogens is 2. The summed E-state index contributed by atoms with van der Waals surface area (Å²) in [6.07, 6.45) is 0. The molecule has 0 aliphatic rings. The smallest absolute Gasteiger partial charge is 0.406 e. The van der Waals surface area contributed by atoms with Crippen LogP contribution in [0.5, 0.6) is 0 Å². The Labute approximate surface area is 149 Å². The molecule has 7 heteroatoms. The van der Waals surface area contributed by atoms with Crippen LogP contribution in [-0.4, -0.2) is 24.0 Å². The Morgan fingerprint density at radius 2 is 1.88 bits per heavy atom. The summed E-state index contributed by atoms with van der Waals surface area (Å²) in [4.78, 5) is 28.5. The van der Waals surface area contributed by atoms with Crippen molar-refractivity contribution < 1.29 is 23.8 Å². The van der Waals surface area contributed by atoms with Crippen LogP contribution in [-0.2, 0) is 16.1 Å². The topological polar surface area (TPSA) is 92.4 Å². The van der Waals surface area contributed by atoms with Crippen molar-refractivity contribution in [2.24, 2.45) is 0 Å². The molecular weight excluding hydrogens is 336 g/mol. The van der Waals surface area contributed by atoms with E-state index in [9.17, 15) is 14.8 Å². The number of hydrogen-bond acceptors (Lipinski definition) is 6. The fourth-order valence-electron chi connectivity index (χ4n) is 2.55. The SMILES string of the molecule is COC(=O)c1c(COC(=O)c2cccc(C)c2)nc2ccccc2[n+]1[O-]. The minimum atomic E-state index is -0.847. The van der Waals surface area contributed by atoms with E-state index in [1.54, 1.807) is 42.5 Å². The van der Waals surface area contributed by atoms with Crippen LogP contribution >= 0.6 is 0 Å². The Hall–Kier alpha value is -3.48. The molecule has 0 radical (unpaired) electrons. The number of esters is 2. The van der Waals surface area contributed by atoms with Crippen molar-refractivity contribution in [1.82, 2.24) is 4.98 Å². The first-order valence-electron chi connectivity index (χ1n) is 7.84. The van der Waals surface area contributed by atoms with E-state index in [0.29, 0.717) is 15.8 Å². The maximum absolute atomic E-state index is 12.5. The maximum Gasteiger partial charge on any atom is 0.406 e. The molecule has 0 fully saturated rings. The molecule has 0 aliphatic carbocycles. The summed E-state index contributed by atoms with van der Waals surface area (Å²) in [5.41, 5.74) is 1.63. The second-order valence-electron chi connectivity index (χ2n) is 5.63. The molecule has 3 rings (SSSR count). The molecule has 2 aromatic carbocycles. The van der Waals surface area contributed by atoms with E-state index in [-0.39, 0.29) is 23.5 Å². The molecule has 0 unspecified atom stereocenters. The zero-order valence-electron chi connectivity index (χ0n) is 14.3. The standard InChI is InChI=1S/C19H16N2O5/c1-12-6-5-7-13(10-12)18(22)26-11-15-17(19(23)25-2)21(24)16-9-4-3-8-14(16)20-15/h3-10H,11H2,1-2H3. The third-order valence-electron chi connectivity index (χ3n) is 3.80. The summed E-state index contributed by atoms with van der Waals surface area (Å²) in [6.45, 7) is 1.53. The van der Waals surface area contributed by atoms with E-state index in [2.05, 4.69) is 9.72 Å². The molecule has 7 nitrogen and oxygen atoms in total. The Kier molecular flexibility index (Phi) is 4.79. The molecule has 3 aromatic rings. The van der Waals surface area contributed by atoms with Gasteiger partial charge in [0.05, 0.1) is 12.7 Å². The number of benzene rings is 2. The van der Waals surface area contributed by atoms with Crippen LogP contribution in [0.15, 0.2) is 48.5 Å². The first kappa shape index (κ1) is 17.3. The molecule has 0 spiro atoms. The van der Waals surface area contributed by atoms with Crippen molar-refractivity contribution in [3.05, 3.63) is 76.3 Å². The van der Waals surface area contributed by atoms with Crippen molar-refractivity contribution in [1.29, 1.82) is 0 Å². The normalized spacial score (nSPS) is 10.5. The second kappa shape index (κ2) is 7.18. The van der Waals surface area contributed by atoms with Gasteiger partial charge in [0, 0.05) is 6.07 Å². The molecule has 0 atom stereocenters. The van der Waals surface area contributed by atoms with Crippen LogP contribution in [0, 0.1) is 12.1 Å². The third kappa shape index (κ3) is 3.32. The molecule has 0 saturated heterocycles. The van der Waals surface area contributed by atoms with Crippen LogP contribution in [0.3, 0.4) is 0 Å². The molecule has 26 heavy (non-hydrogen) atoms. The van der Waals surface area contributed by atoms with E-state index < -0.39 is 11.9 Å². The number of methoxy groups -OCH3 is 1.